The van der Waals surface area contributed by atoms with Crippen LogP contribution in [-0.2, 0) is 6.54 Å². The number of likely N-dealkylation sites (N-methyl/N-ethyl adjacent to an activating group) is 1. The van der Waals surface area contributed by atoms with Crippen LogP contribution in [0.4, 0.5) is 24.5 Å². The molecule has 9 heteroatoms. The molecule has 1 heterocycles. The maximum Gasteiger partial charge on any atom is 0.195 e. The van der Waals surface area contributed by atoms with Crippen molar-refractivity contribution in [2.45, 2.75) is 6.54 Å². The first-order valence-electron chi connectivity index (χ1n) is 8.84. The molecular formula is C20H21F3N4O2. The molecule has 0 aliphatic heterocycles. The molecule has 0 aliphatic carbocycles. The number of nitrogens with zero attached hydrogens (tertiary/aromatic N) is 1. The third kappa shape index (κ3) is 4.06. The van der Waals surface area contributed by atoms with Crippen LogP contribution >= 0.6 is 0 Å². The molecule has 0 atom stereocenters. The molecule has 29 heavy (non-hydrogen) atoms. The van der Waals surface area contributed by atoms with Crippen LogP contribution < -0.4 is 22.2 Å². The van der Waals surface area contributed by atoms with Crippen molar-refractivity contribution in [3.8, 4) is 11.3 Å². The zero-order chi connectivity index (χ0) is 21.3. The maximum atomic E-state index is 15.0. The fraction of sp³-hybridized carbons (Fsp3) is 0.250. The van der Waals surface area contributed by atoms with Crippen molar-refractivity contribution >= 4 is 22.3 Å². The van der Waals surface area contributed by atoms with E-state index in [-0.39, 0.29) is 29.1 Å². The van der Waals surface area contributed by atoms with Crippen molar-refractivity contribution in [2.24, 2.45) is 0 Å². The van der Waals surface area contributed by atoms with Gasteiger partial charge in [0.05, 0.1) is 16.8 Å². The molecule has 0 unspecified atom stereocenters. The van der Waals surface area contributed by atoms with Crippen molar-refractivity contribution < 1.29 is 17.6 Å². The number of hydrogen-bond donors (Lipinski definition) is 3. The summed E-state index contributed by atoms with van der Waals surface area (Å²) in [5.41, 5.74) is 9.27. The average molecular weight is 406 g/mol. The van der Waals surface area contributed by atoms with Gasteiger partial charge in [-0.15, -0.1) is 0 Å². The molecule has 0 amide bonds. The summed E-state index contributed by atoms with van der Waals surface area (Å²) < 4.78 is 48.9. The van der Waals surface area contributed by atoms with Gasteiger partial charge in [0.2, 0.25) is 0 Å². The fourth-order valence-electron chi connectivity index (χ4n) is 2.90. The van der Waals surface area contributed by atoms with Crippen LogP contribution in [0.25, 0.3) is 22.3 Å². The van der Waals surface area contributed by atoms with Crippen molar-refractivity contribution in [3.63, 3.8) is 0 Å². The van der Waals surface area contributed by atoms with Gasteiger partial charge in [-0.05, 0) is 32.3 Å². The predicted molar refractivity (Wildman–Crippen MR) is 107 cm³/mol. The molecule has 2 aromatic carbocycles. The summed E-state index contributed by atoms with van der Waals surface area (Å²) in [6.07, 6.45) is 0. The second-order valence-corrected chi connectivity index (χ2v) is 6.92. The smallest absolute Gasteiger partial charge is 0.195 e. The summed E-state index contributed by atoms with van der Waals surface area (Å²) in [5, 5.41) is 2.53. The Morgan fingerprint density at radius 2 is 1.83 bits per heavy atom. The lowest BCUT2D eigenvalue weighted by Gasteiger charge is -2.14. The summed E-state index contributed by atoms with van der Waals surface area (Å²) in [6.45, 7) is 1.00. The van der Waals surface area contributed by atoms with E-state index in [1.54, 1.807) is 0 Å². The van der Waals surface area contributed by atoms with Gasteiger partial charge >= 0.3 is 0 Å². The maximum absolute atomic E-state index is 15.0. The van der Waals surface area contributed by atoms with Crippen LogP contribution in [0.2, 0.25) is 0 Å². The van der Waals surface area contributed by atoms with Gasteiger partial charge < -0.3 is 26.1 Å². The van der Waals surface area contributed by atoms with Crippen LogP contribution in [0.5, 0.6) is 0 Å². The van der Waals surface area contributed by atoms with Gasteiger partial charge in [-0.1, -0.05) is 0 Å². The molecule has 0 radical (unpaired) electrons. The van der Waals surface area contributed by atoms with E-state index in [1.807, 2.05) is 19.0 Å². The van der Waals surface area contributed by atoms with Crippen LogP contribution in [0.3, 0.4) is 0 Å². The Hall–Kier alpha value is -3.04. The summed E-state index contributed by atoms with van der Waals surface area (Å²) in [5.74, 6) is -2.84. The molecule has 0 spiro atoms. The Bertz CT molecular complexity index is 1130. The van der Waals surface area contributed by atoms with Gasteiger partial charge in [0, 0.05) is 36.8 Å². The average Bonchev–Trinajstić information content (AvgIpc) is 2.67. The largest absolute Gasteiger partial charge is 0.453 e. The van der Waals surface area contributed by atoms with Gasteiger partial charge in [0.1, 0.15) is 11.6 Å². The molecule has 3 aromatic rings. The molecule has 0 saturated carbocycles. The lowest BCUT2D eigenvalue weighted by molar-refractivity contribution is 0.397. The molecule has 6 nitrogen and oxygen atoms in total. The first-order valence-corrected chi connectivity index (χ1v) is 8.84. The summed E-state index contributed by atoms with van der Waals surface area (Å²) >= 11 is 0. The first kappa shape index (κ1) is 20.7. The van der Waals surface area contributed by atoms with Gasteiger partial charge in [0.15, 0.2) is 22.6 Å². The number of benzene rings is 2. The zero-order valence-electron chi connectivity index (χ0n) is 16.0. The van der Waals surface area contributed by atoms with Gasteiger partial charge in [0.25, 0.3) is 0 Å². The second-order valence-electron chi connectivity index (χ2n) is 6.92. The van der Waals surface area contributed by atoms with Crippen molar-refractivity contribution in [2.75, 3.05) is 38.7 Å². The van der Waals surface area contributed by atoms with E-state index in [0.29, 0.717) is 13.1 Å². The third-order valence-corrected chi connectivity index (χ3v) is 4.51. The first-order chi connectivity index (χ1) is 13.7. The van der Waals surface area contributed by atoms with E-state index < -0.39 is 39.5 Å². The highest BCUT2D eigenvalue weighted by Crippen LogP contribution is 2.32. The van der Waals surface area contributed by atoms with Crippen molar-refractivity contribution in [1.82, 2.24) is 10.2 Å². The second kappa shape index (κ2) is 8.14. The standard InChI is InChI=1S/C20H21F3N4O2/c1-27(2)6-5-26-9-11-17(22)19(25)16-14(28)8-15(29-20(16)18(11)23)10-3-4-13(24)12(21)7-10/h3-4,7-8,26H,5-6,9,24-25H2,1-2H3. The van der Waals surface area contributed by atoms with Gasteiger partial charge in [-0.3, -0.25) is 4.79 Å². The minimum Gasteiger partial charge on any atom is -0.453 e. The van der Waals surface area contributed by atoms with Crippen molar-refractivity contribution in [3.05, 3.63) is 57.5 Å². The Balaban J connectivity index is 2.11. The lowest BCUT2D eigenvalue weighted by Crippen LogP contribution is -2.27. The van der Waals surface area contributed by atoms with E-state index >= 15 is 4.39 Å². The quantitative estimate of drug-likeness (QED) is 0.430. The fourth-order valence-corrected chi connectivity index (χ4v) is 2.90. The van der Waals surface area contributed by atoms with E-state index in [4.69, 9.17) is 15.9 Å². The Labute approximate surface area is 164 Å². The summed E-state index contributed by atoms with van der Waals surface area (Å²) in [7, 11) is 3.74. The molecule has 154 valence electrons. The van der Waals surface area contributed by atoms with Crippen LogP contribution in [0.1, 0.15) is 5.56 Å². The molecule has 5 N–H and O–H groups in total. The summed E-state index contributed by atoms with van der Waals surface area (Å²) in [4.78, 5) is 14.4. The van der Waals surface area contributed by atoms with Gasteiger partial charge in [-0.2, -0.15) is 0 Å². The number of halogens is 3. The van der Waals surface area contributed by atoms with E-state index in [1.165, 1.54) is 12.1 Å². The highest BCUT2D eigenvalue weighted by molar-refractivity contribution is 5.91. The number of fused-ring (bicyclic) bond motifs is 1. The summed E-state index contributed by atoms with van der Waals surface area (Å²) in [6, 6.07) is 4.80. The minimum absolute atomic E-state index is 0.0829. The number of nitrogens with one attached hydrogen (secondary N) is 1. The lowest BCUT2D eigenvalue weighted by atomic mass is 10.1. The number of nitrogen functional groups attached to an aromatic ring is 2. The number of anilines is 2. The molecule has 0 aliphatic rings. The molecule has 0 bridgehead atoms. The predicted octanol–water partition coefficient (Wildman–Crippen LogP) is 2.69. The molecule has 0 saturated heterocycles. The van der Waals surface area contributed by atoms with E-state index in [9.17, 15) is 13.6 Å². The highest BCUT2D eigenvalue weighted by atomic mass is 19.1. The molecule has 0 fully saturated rings. The van der Waals surface area contributed by atoms with Gasteiger partial charge in [-0.25, -0.2) is 13.2 Å². The Morgan fingerprint density at radius 1 is 1.10 bits per heavy atom. The SMILES string of the molecule is CN(C)CCNCc1c(F)c(N)c2c(=O)cc(-c3ccc(N)c(F)c3)oc2c1F. The van der Waals surface area contributed by atoms with E-state index in [0.717, 1.165) is 12.1 Å². The number of hydrogen-bond acceptors (Lipinski definition) is 6. The van der Waals surface area contributed by atoms with Crippen LogP contribution in [0.15, 0.2) is 33.5 Å². The molecular weight excluding hydrogens is 385 g/mol. The van der Waals surface area contributed by atoms with Crippen LogP contribution in [-0.4, -0.2) is 32.1 Å². The third-order valence-electron chi connectivity index (χ3n) is 4.51. The van der Waals surface area contributed by atoms with Crippen LogP contribution in [0, 0.1) is 17.5 Å². The molecule has 1 aromatic heterocycles. The number of rotatable bonds is 6. The topological polar surface area (TPSA) is 97.5 Å². The molecule has 3 rings (SSSR count). The Morgan fingerprint density at radius 3 is 2.48 bits per heavy atom. The van der Waals surface area contributed by atoms with E-state index in [2.05, 4.69) is 5.32 Å². The zero-order valence-corrected chi connectivity index (χ0v) is 16.0. The highest BCUT2D eigenvalue weighted by Gasteiger charge is 2.23. The number of nitrogens with two attached hydrogens (primary N) is 2. The Kier molecular flexibility index (Phi) is 5.81. The normalized spacial score (nSPS) is 11.5. The van der Waals surface area contributed by atoms with Crippen molar-refractivity contribution in [1.29, 1.82) is 0 Å². The monoisotopic (exact) mass is 406 g/mol. The minimum atomic E-state index is -1.03.